The van der Waals surface area contributed by atoms with E-state index in [1.54, 1.807) is 6.07 Å². The van der Waals surface area contributed by atoms with Gasteiger partial charge in [0.2, 0.25) is 0 Å². The number of aryl methyl sites for hydroxylation is 1. The zero-order valence-corrected chi connectivity index (χ0v) is 19.9. The van der Waals surface area contributed by atoms with Crippen molar-refractivity contribution in [3.63, 3.8) is 0 Å². The monoisotopic (exact) mass is 502 g/mol. The van der Waals surface area contributed by atoms with Crippen LogP contribution in [0.25, 0.3) is 0 Å². The van der Waals surface area contributed by atoms with Crippen molar-refractivity contribution in [2.45, 2.75) is 45.4 Å². The Morgan fingerprint density at radius 1 is 0.793 bits per heavy atom. The minimum atomic E-state index is -1.15. The van der Waals surface area contributed by atoms with E-state index in [2.05, 4.69) is 68.0 Å². The average molecular weight is 502 g/mol. The van der Waals surface area contributed by atoms with Crippen LogP contribution in [-0.4, -0.2) is 18.8 Å². The van der Waals surface area contributed by atoms with Gasteiger partial charge in [-0.15, -0.1) is 0 Å². The molecule has 0 N–H and O–H groups in total. The first-order valence-corrected chi connectivity index (χ1v) is 14.1. The molecule has 1 aliphatic heterocycles. The molecule has 0 bridgehead atoms. The first-order valence-electron chi connectivity index (χ1n) is 10.0. The molecule has 4 rings (SSSR count). The van der Waals surface area contributed by atoms with E-state index >= 15 is 0 Å². The Kier molecular flexibility index (Phi) is 5.26. The van der Waals surface area contributed by atoms with Crippen molar-refractivity contribution in [2.24, 2.45) is 0 Å². The third-order valence-corrected chi connectivity index (χ3v) is 10.6. The Morgan fingerprint density at radius 3 is 1.86 bits per heavy atom. The van der Waals surface area contributed by atoms with E-state index in [1.165, 1.54) is 25.5 Å². The molecule has 2 nitrogen and oxygen atoms in total. The van der Waals surface area contributed by atoms with Gasteiger partial charge in [0.1, 0.15) is 0 Å². The van der Waals surface area contributed by atoms with E-state index in [4.69, 9.17) is 0 Å². The van der Waals surface area contributed by atoms with Crippen LogP contribution in [0.2, 0.25) is 0 Å². The number of halogens is 2. The van der Waals surface area contributed by atoms with Crippen LogP contribution in [0.5, 0.6) is 0 Å². The van der Waals surface area contributed by atoms with Gasteiger partial charge in [-0.1, -0.05) is 0 Å². The van der Waals surface area contributed by atoms with Crippen LogP contribution in [0.15, 0.2) is 54.9 Å². The molecule has 1 saturated heterocycles. The molecule has 1 fully saturated rings. The Bertz CT molecular complexity index is 1020. The Balaban J connectivity index is 1.64. The molecular weight excluding hydrogens is 474 g/mol. The second kappa shape index (κ2) is 7.46. The average Bonchev–Trinajstić information content (AvgIpc) is 3.54. The van der Waals surface area contributed by atoms with E-state index in [9.17, 15) is 4.39 Å². The third-order valence-electron chi connectivity index (χ3n) is 5.98. The molecule has 2 aromatic carbocycles. The Labute approximate surface area is 180 Å². The van der Waals surface area contributed by atoms with Gasteiger partial charge in [0.25, 0.3) is 0 Å². The summed E-state index contributed by atoms with van der Waals surface area (Å²) in [5.41, 5.74) is 4.25. The van der Waals surface area contributed by atoms with Crippen molar-refractivity contribution in [2.75, 3.05) is 8.86 Å². The van der Waals surface area contributed by atoms with Crippen molar-refractivity contribution < 1.29 is 4.39 Å². The molecule has 0 aliphatic carbocycles. The zero-order valence-electron chi connectivity index (χ0n) is 17.8. The molecule has 0 spiro atoms. The zero-order chi connectivity index (χ0) is 20.8. The fourth-order valence-corrected chi connectivity index (χ4v) is 8.06. The van der Waals surface area contributed by atoms with Crippen LogP contribution < -0.4 is 0 Å². The number of alkyl halides is 2. The summed E-state index contributed by atoms with van der Waals surface area (Å²) in [7, 11) is 0. The number of hydrogen-bond donors (Lipinski definition) is 0. The van der Waals surface area contributed by atoms with Gasteiger partial charge in [0, 0.05) is 0 Å². The first-order chi connectivity index (χ1) is 13.7. The topological polar surface area (TPSA) is 25.8 Å². The van der Waals surface area contributed by atoms with Crippen LogP contribution in [-0.2, 0) is 10.8 Å². The SMILES string of the molecule is Cc1cnc(C(C)(C)c2ccc(C(C)(C)c3ccc(F)c(I4CC4)c3)cc2)nc1. The molecule has 29 heavy (non-hydrogen) atoms. The standard InChI is InChI=1S/C25H28FIN2/c1-17-15-28-23(29-16-17)25(4,5)19-8-6-18(7-9-19)24(2,3)20-10-11-21(26)22(14-20)27-12-13-27/h6-11,14-16H,12-13H2,1-5H3. The third kappa shape index (κ3) is 3.96. The van der Waals surface area contributed by atoms with E-state index in [0.717, 1.165) is 15.0 Å². The summed E-state index contributed by atoms with van der Waals surface area (Å²) < 4.78 is 17.8. The second-order valence-corrected chi connectivity index (χ2v) is 14.8. The van der Waals surface area contributed by atoms with Crippen LogP contribution >= 0.6 is 19.8 Å². The summed E-state index contributed by atoms with van der Waals surface area (Å²) >= 11 is -1.15. The van der Waals surface area contributed by atoms with Crippen molar-refractivity contribution in [3.8, 4) is 0 Å². The molecular formula is C25H28FIN2. The summed E-state index contributed by atoms with van der Waals surface area (Å²) in [5, 5.41) is 0. The number of benzene rings is 2. The predicted molar refractivity (Wildman–Crippen MR) is 126 cm³/mol. The molecule has 0 radical (unpaired) electrons. The van der Waals surface area contributed by atoms with E-state index in [-0.39, 0.29) is 16.6 Å². The van der Waals surface area contributed by atoms with Crippen molar-refractivity contribution in [1.29, 1.82) is 0 Å². The van der Waals surface area contributed by atoms with Gasteiger partial charge in [-0.3, -0.25) is 0 Å². The molecule has 0 amide bonds. The summed E-state index contributed by atoms with van der Waals surface area (Å²) in [6, 6.07) is 14.5. The van der Waals surface area contributed by atoms with Crippen molar-refractivity contribution >= 4 is 19.8 Å². The molecule has 4 heteroatoms. The van der Waals surface area contributed by atoms with E-state index in [1.807, 2.05) is 25.4 Å². The van der Waals surface area contributed by atoms with Gasteiger partial charge in [-0.05, 0) is 12.5 Å². The Hall–Kier alpha value is -1.82. The molecule has 0 unspecified atom stereocenters. The molecule has 3 aromatic rings. The first kappa shape index (κ1) is 20.5. The molecule has 0 atom stereocenters. The number of hydrogen-bond acceptors (Lipinski definition) is 2. The number of aromatic nitrogens is 2. The second-order valence-electron chi connectivity index (χ2n) is 8.87. The van der Waals surface area contributed by atoms with E-state index in [0.29, 0.717) is 0 Å². The molecule has 1 aromatic heterocycles. The van der Waals surface area contributed by atoms with Crippen LogP contribution in [0.1, 0.15) is 55.8 Å². The molecule has 1 aliphatic rings. The summed E-state index contributed by atoms with van der Waals surface area (Å²) in [4.78, 5) is 9.09. The predicted octanol–water partition coefficient (Wildman–Crippen LogP) is 6.27. The van der Waals surface area contributed by atoms with E-state index < -0.39 is 19.8 Å². The van der Waals surface area contributed by atoms with Crippen molar-refractivity contribution in [3.05, 3.63) is 92.3 Å². The number of rotatable bonds is 5. The van der Waals surface area contributed by atoms with Crippen LogP contribution in [0, 0.1) is 16.3 Å². The fourth-order valence-electron chi connectivity index (χ4n) is 3.64. The van der Waals surface area contributed by atoms with Gasteiger partial charge in [0.15, 0.2) is 0 Å². The van der Waals surface area contributed by atoms with Crippen molar-refractivity contribution in [1.82, 2.24) is 9.97 Å². The number of nitrogens with zero attached hydrogens (tertiary/aromatic N) is 2. The van der Waals surface area contributed by atoms with Crippen LogP contribution in [0.4, 0.5) is 4.39 Å². The van der Waals surface area contributed by atoms with Gasteiger partial charge in [0.05, 0.1) is 0 Å². The quantitative estimate of drug-likeness (QED) is 0.304. The summed E-state index contributed by atoms with van der Waals surface area (Å²) in [5.74, 6) is 0.829. The summed E-state index contributed by atoms with van der Waals surface area (Å²) in [6.07, 6.45) is 3.74. The molecule has 0 saturated carbocycles. The van der Waals surface area contributed by atoms with Gasteiger partial charge in [-0.2, -0.15) is 0 Å². The van der Waals surface area contributed by atoms with Gasteiger partial charge < -0.3 is 0 Å². The molecule has 152 valence electrons. The van der Waals surface area contributed by atoms with Gasteiger partial charge in [-0.25, -0.2) is 0 Å². The molecule has 2 heterocycles. The Morgan fingerprint density at radius 2 is 1.31 bits per heavy atom. The van der Waals surface area contributed by atoms with Gasteiger partial charge >= 0.3 is 168 Å². The summed E-state index contributed by atoms with van der Waals surface area (Å²) in [6.45, 7) is 10.8. The minimum absolute atomic E-state index is 0.00226. The van der Waals surface area contributed by atoms with Crippen LogP contribution in [0.3, 0.4) is 0 Å². The maximum absolute atomic E-state index is 14.2. The maximum atomic E-state index is 14.2. The fraction of sp³-hybridized carbons (Fsp3) is 0.360. The normalized spacial score (nSPS) is 15.4.